The molecule has 3 amide bonds. The van der Waals surface area contributed by atoms with Gasteiger partial charge in [0.25, 0.3) is 11.8 Å². The number of carbonyl (C=O) groups is 3. The highest BCUT2D eigenvalue weighted by Crippen LogP contribution is 2.44. The van der Waals surface area contributed by atoms with Crippen molar-refractivity contribution in [2.75, 3.05) is 18.1 Å². The van der Waals surface area contributed by atoms with E-state index in [1.165, 1.54) is 9.91 Å². The molecule has 0 aliphatic carbocycles. The summed E-state index contributed by atoms with van der Waals surface area (Å²) < 4.78 is 12.1. The van der Waals surface area contributed by atoms with E-state index in [-0.39, 0.29) is 5.91 Å². The first-order chi connectivity index (χ1) is 17.9. The predicted octanol–water partition coefficient (Wildman–Crippen LogP) is 4.51. The zero-order valence-corrected chi connectivity index (χ0v) is 22.0. The highest BCUT2D eigenvalue weighted by molar-refractivity contribution is 9.10. The quantitative estimate of drug-likeness (QED) is 0.425. The number of anilines is 1. The van der Waals surface area contributed by atoms with Crippen LogP contribution in [0.5, 0.6) is 11.5 Å². The molecule has 5 rings (SSSR count). The van der Waals surface area contributed by atoms with Gasteiger partial charge in [0.1, 0.15) is 17.5 Å². The number of ether oxygens (including phenoxy) is 2. The van der Waals surface area contributed by atoms with E-state index in [9.17, 15) is 14.4 Å². The monoisotopic (exact) mass is 563 g/mol. The van der Waals surface area contributed by atoms with Crippen LogP contribution in [0.4, 0.5) is 5.69 Å². The number of imide groups is 1. The second kappa shape index (κ2) is 10.4. The van der Waals surface area contributed by atoms with Crippen LogP contribution in [0.25, 0.3) is 0 Å². The summed E-state index contributed by atoms with van der Waals surface area (Å²) >= 11 is 3.40. The maximum atomic E-state index is 13.9. The van der Waals surface area contributed by atoms with Crippen molar-refractivity contribution >= 4 is 39.3 Å². The van der Waals surface area contributed by atoms with Crippen molar-refractivity contribution < 1.29 is 23.9 Å². The second-order valence-electron chi connectivity index (χ2n) is 8.67. The molecule has 0 radical (unpaired) electrons. The summed E-state index contributed by atoms with van der Waals surface area (Å²) in [6.45, 7) is 4.70. The lowest BCUT2D eigenvalue weighted by molar-refractivity contribution is -0.123. The van der Waals surface area contributed by atoms with Crippen LogP contribution in [-0.4, -0.2) is 42.0 Å². The number of amides is 3. The average Bonchev–Trinajstić information content (AvgIpc) is 3.41. The first kappa shape index (κ1) is 25.0. The van der Waals surface area contributed by atoms with Crippen molar-refractivity contribution in [3.05, 3.63) is 88.4 Å². The van der Waals surface area contributed by atoms with Gasteiger partial charge in [-0.15, -0.1) is 0 Å². The third kappa shape index (κ3) is 4.49. The number of carbonyl (C=O) groups excluding carboxylic acids is 3. The lowest BCUT2D eigenvalue weighted by atomic mass is 9.90. The fourth-order valence-electron chi connectivity index (χ4n) is 4.93. The number of benzene rings is 3. The molecule has 0 aromatic heterocycles. The minimum atomic E-state index is -1.02. The molecule has 37 heavy (non-hydrogen) atoms. The Morgan fingerprint density at radius 2 is 1.65 bits per heavy atom. The molecule has 3 aromatic rings. The van der Waals surface area contributed by atoms with Crippen LogP contribution >= 0.6 is 15.9 Å². The smallest absolute Gasteiger partial charge is 0.268 e. The highest BCUT2D eigenvalue weighted by Gasteiger charge is 2.60. The van der Waals surface area contributed by atoms with Gasteiger partial charge in [-0.2, -0.15) is 0 Å². The number of para-hydroxylation sites is 1. The molecule has 2 fully saturated rings. The Hall–Kier alpha value is -3.69. The zero-order valence-electron chi connectivity index (χ0n) is 20.4. The maximum absolute atomic E-state index is 13.9. The normalized spacial score (nSPS) is 20.8. The van der Waals surface area contributed by atoms with Crippen LogP contribution < -0.4 is 19.8 Å². The SMILES string of the molecule is CCOc1ccc(N2C(=O)[C@@H]3[C@H](c4ccccc4OCC)NN(C(=O)c4cccc(Br)c4)[C@H]3C2=O)cc1. The Labute approximate surface area is 223 Å². The van der Waals surface area contributed by atoms with Gasteiger partial charge in [0.05, 0.1) is 30.9 Å². The number of halogens is 1. The molecule has 2 heterocycles. The number of nitrogens with zero attached hydrogens (tertiary/aromatic N) is 2. The number of fused-ring (bicyclic) bond motifs is 1. The Bertz CT molecular complexity index is 1350. The molecule has 3 aromatic carbocycles. The molecule has 190 valence electrons. The first-order valence-electron chi connectivity index (χ1n) is 12.1. The van der Waals surface area contributed by atoms with Crippen molar-refractivity contribution in [2.24, 2.45) is 5.92 Å². The van der Waals surface area contributed by atoms with Gasteiger partial charge in [0, 0.05) is 15.6 Å². The summed E-state index contributed by atoms with van der Waals surface area (Å²) in [5, 5.41) is 1.30. The van der Waals surface area contributed by atoms with E-state index in [0.29, 0.717) is 41.5 Å². The fourth-order valence-corrected chi connectivity index (χ4v) is 5.33. The molecule has 0 unspecified atom stereocenters. The van der Waals surface area contributed by atoms with E-state index in [4.69, 9.17) is 9.47 Å². The molecular weight excluding hydrogens is 538 g/mol. The largest absolute Gasteiger partial charge is 0.494 e. The third-order valence-electron chi connectivity index (χ3n) is 6.48. The Balaban J connectivity index is 1.57. The molecule has 9 heteroatoms. The van der Waals surface area contributed by atoms with Crippen LogP contribution in [0.15, 0.2) is 77.3 Å². The van der Waals surface area contributed by atoms with Crippen LogP contribution in [-0.2, 0) is 9.59 Å². The molecule has 8 nitrogen and oxygen atoms in total. The number of rotatable bonds is 7. The summed E-state index contributed by atoms with van der Waals surface area (Å²) in [6, 6.07) is 19.4. The Morgan fingerprint density at radius 3 is 2.35 bits per heavy atom. The van der Waals surface area contributed by atoms with Crippen molar-refractivity contribution in [3.63, 3.8) is 0 Å². The topological polar surface area (TPSA) is 88.2 Å². The summed E-state index contributed by atoms with van der Waals surface area (Å²) in [5.74, 6) is -0.849. The third-order valence-corrected chi connectivity index (χ3v) is 6.98. The zero-order chi connectivity index (χ0) is 26.1. The molecule has 2 saturated heterocycles. The first-order valence-corrected chi connectivity index (χ1v) is 12.9. The van der Waals surface area contributed by atoms with E-state index < -0.39 is 29.8 Å². The molecule has 0 spiro atoms. The number of nitrogens with one attached hydrogen (secondary N) is 1. The van der Waals surface area contributed by atoms with Gasteiger partial charge in [-0.1, -0.05) is 40.2 Å². The van der Waals surface area contributed by atoms with Gasteiger partial charge >= 0.3 is 0 Å². The minimum absolute atomic E-state index is 0.382. The number of hydrogen-bond donors (Lipinski definition) is 1. The molecule has 0 bridgehead atoms. The van der Waals surface area contributed by atoms with Gasteiger partial charge < -0.3 is 9.47 Å². The van der Waals surface area contributed by atoms with Gasteiger partial charge in [-0.3, -0.25) is 19.4 Å². The number of hydrogen-bond acceptors (Lipinski definition) is 6. The van der Waals surface area contributed by atoms with Crippen LogP contribution in [0.2, 0.25) is 0 Å². The van der Waals surface area contributed by atoms with Gasteiger partial charge in [0.15, 0.2) is 0 Å². The second-order valence-corrected chi connectivity index (χ2v) is 9.59. The molecule has 1 N–H and O–H groups in total. The Morgan fingerprint density at radius 1 is 0.919 bits per heavy atom. The van der Waals surface area contributed by atoms with Crippen LogP contribution in [0.1, 0.15) is 35.8 Å². The molecule has 3 atom stereocenters. The maximum Gasteiger partial charge on any atom is 0.268 e. The average molecular weight is 564 g/mol. The van der Waals surface area contributed by atoms with Crippen LogP contribution in [0.3, 0.4) is 0 Å². The van der Waals surface area contributed by atoms with E-state index in [1.54, 1.807) is 42.5 Å². The van der Waals surface area contributed by atoms with E-state index >= 15 is 0 Å². The van der Waals surface area contributed by atoms with Crippen molar-refractivity contribution in [2.45, 2.75) is 25.9 Å². The van der Waals surface area contributed by atoms with E-state index in [1.807, 2.05) is 44.2 Å². The highest BCUT2D eigenvalue weighted by atomic mass is 79.9. The Kier molecular flexibility index (Phi) is 6.99. The van der Waals surface area contributed by atoms with Crippen molar-refractivity contribution in [1.29, 1.82) is 0 Å². The fraction of sp³-hybridized carbons (Fsp3) is 0.250. The van der Waals surface area contributed by atoms with E-state index in [2.05, 4.69) is 21.4 Å². The minimum Gasteiger partial charge on any atom is -0.494 e. The molecule has 2 aliphatic rings. The van der Waals surface area contributed by atoms with Crippen LogP contribution in [0, 0.1) is 5.92 Å². The summed E-state index contributed by atoms with van der Waals surface area (Å²) in [6.07, 6.45) is 0. The van der Waals surface area contributed by atoms with Crippen molar-refractivity contribution in [3.8, 4) is 11.5 Å². The molecule has 0 saturated carbocycles. The standard InChI is InChI=1S/C28H26BrN3O5/c1-3-36-20-14-12-19(13-15-20)31-27(34)23-24(21-10-5-6-11-22(21)37-4-2)30-32(25(23)28(31)35)26(33)17-8-7-9-18(29)16-17/h5-16,23-25,30H,3-4H2,1-2H3/t23-,24+,25-/m1/s1. The molecular formula is C28H26BrN3O5. The van der Waals surface area contributed by atoms with Gasteiger partial charge in [-0.05, 0) is 62.4 Å². The summed E-state index contributed by atoms with van der Waals surface area (Å²) in [5.41, 5.74) is 4.71. The predicted molar refractivity (Wildman–Crippen MR) is 141 cm³/mol. The summed E-state index contributed by atoms with van der Waals surface area (Å²) in [4.78, 5) is 42.5. The summed E-state index contributed by atoms with van der Waals surface area (Å²) in [7, 11) is 0. The van der Waals surface area contributed by atoms with Gasteiger partial charge in [0.2, 0.25) is 5.91 Å². The molecule has 2 aliphatic heterocycles. The van der Waals surface area contributed by atoms with Gasteiger partial charge in [-0.25, -0.2) is 10.3 Å². The number of hydrazine groups is 1. The van der Waals surface area contributed by atoms with Crippen molar-refractivity contribution in [1.82, 2.24) is 10.4 Å². The lowest BCUT2D eigenvalue weighted by Crippen LogP contribution is -2.48. The lowest BCUT2D eigenvalue weighted by Gasteiger charge is -2.26. The van der Waals surface area contributed by atoms with E-state index in [0.717, 1.165) is 4.47 Å².